The van der Waals surface area contributed by atoms with Gasteiger partial charge < -0.3 is 19.5 Å². The van der Waals surface area contributed by atoms with E-state index in [1.54, 1.807) is 7.11 Å². The molecule has 0 atom stereocenters. The van der Waals surface area contributed by atoms with Crippen molar-refractivity contribution < 1.29 is 19.0 Å². The summed E-state index contributed by atoms with van der Waals surface area (Å²) in [5, 5.41) is 6.16. The summed E-state index contributed by atoms with van der Waals surface area (Å²) in [4.78, 5) is 16.6. The van der Waals surface area contributed by atoms with Crippen LogP contribution in [-0.4, -0.2) is 37.9 Å². The van der Waals surface area contributed by atoms with Crippen LogP contribution in [0, 0.1) is 0 Å². The molecule has 2 heterocycles. The summed E-state index contributed by atoms with van der Waals surface area (Å²) in [7, 11) is 1.64. The first-order valence-electron chi connectivity index (χ1n) is 8.59. The summed E-state index contributed by atoms with van der Waals surface area (Å²) in [6, 6.07) is 11.2. The van der Waals surface area contributed by atoms with Crippen LogP contribution < -0.4 is 24.8 Å². The first-order chi connectivity index (χ1) is 13.2. The van der Waals surface area contributed by atoms with E-state index in [4.69, 9.17) is 14.2 Å². The second-order valence-electron chi connectivity index (χ2n) is 5.96. The Morgan fingerprint density at radius 3 is 2.67 bits per heavy atom. The number of ether oxygens (including phenoxy) is 3. The maximum atomic E-state index is 12.1. The zero-order valence-corrected chi connectivity index (χ0v) is 15.6. The van der Waals surface area contributed by atoms with E-state index < -0.39 is 0 Å². The average molecular weight is 385 g/mol. The number of fused-ring (bicyclic) bond motifs is 2. The number of methoxy groups -OCH3 is 1. The lowest BCUT2D eigenvalue weighted by Crippen LogP contribution is -2.30. The van der Waals surface area contributed by atoms with Crippen LogP contribution >= 0.6 is 11.3 Å². The fourth-order valence-corrected chi connectivity index (χ4v) is 3.64. The van der Waals surface area contributed by atoms with E-state index >= 15 is 0 Å². The predicted molar refractivity (Wildman–Crippen MR) is 104 cm³/mol. The number of carbonyl (C=O) groups excluding carboxylic acids is 1. The van der Waals surface area contributed by atoms with Gasteiger partial charge in [0.1, 0.15) is 19.0 Å². The molecule has 2 amide bonds. The highest BCUT2D eigenvalue weighted by atomic mass is 32.1. The number of aromatic nitrogens is 1. The Kier molecular flexibility index (Phi) is 4.97. The molecule has 2 aromatic carbocycles. The van der Waals surface area contributed by atoms with Gasteiger partial charge in [0.15, 0.2) is 16.6 Å². The molecule has 0 saturated carbocycles. The molecule has 140 valence electrons. The third-order valence-corrected chi connectivity index (χ3v) is 5.06. The van der Waals surface area contributed by atoms with Crippen LogP contribution in [0.4, 0.5) is 9.93 Å². The van der Waals surface area contributed by atoms with Crippen LogP contribution in [-0.2, 0) is 6.42 Å². The van der Waals surface area contributed by atoms with Crippen molar-refractivity contribution in [2.24, 2.45) is 0 Å². The zero-order valence-electron chi connectivity index (χ0n) is 14.8. The first-order valence-corrected chi connectivity index (χ1v) is 9.41. The molecule has 0 unspecified atom stereocenters. The van der Waals surface area contributed by atoms with Crippen molar-refractivity contribution in [2.75, 3.05) is 32.2 Å². The molecule has 1 aliphatic heterocycles. The van der Waals surface area contributed by atoms with Crippen LogP contribution in [0.1, 0.15) is 5.56 Å². The largest absolute Gasteiger partial charge is 0.497 e. The second kappa shape index (κ2) is 7.71. The van der Waals surface area contributed by atoms with E-state index in [1.807, 2.05) is 36.4 Å². The number of carbonyl (C=O) groups is 1. The average Bonchev–Trinajstić information content (AvgIpc) is 3.07. The van der Waals surface area contributed by atoms with Gasteiger partial charge in [-0.25, -0.2) is 9.78 Å². The molecule has 0 radical (unpaired) electrons. The lowest BCUT2D eigenvalue weighted by Gasteiger charge is -2.17. The normalized spacial score (nSPS) is 12.6. The second-order valence-corrected chi connectivity index (χ2v) is 6.99. The van der Waals surface area contributed by atoms with E-state index in [9.17, 15) is 4.79 Å². The van der Waals surface area contributed by atoms with Crippen molar-refractivity contribution in [3.63, 3.8) is 0 Å². The third-order valence-electron chi connectivity index (χ3n) is 4.13. The van der Waals surface area contributed by atoms with Crippen LogP contribution in [0.25, 0.3) is 10.2 Å². The summed E-state index contributed by atoms with van der Waals surface area (Å²) in [5.74, 6) is 2.22. The van der Waals surface area contributed by atoms with Crippen molar-refractivity contribution in [3.8, 4) is 17.2 Å². The minimum absolute atomic E-state index is 0.278. The smallest absolute Gasteiger partial charge is 0.321 e. The van der Waals surface area contributed by atoms with Gasteiger partial charge in [0.2, 0.25) is 0 Å². The number of hydrogen-bond donors (Lipinski definition) is 2. The van der Waals surface area contributed by atoms with Gasteiger partial charge in [-0.2, -0.15) is 0 Å². The van der Waals surface area contributed by atoms with Crippen LogP contribution in [0.15, 0.2) is 36.4 Å². The first kappa shape index (κ1) is 17.4. The number of benzene rings is 2. The Morgan fingerprint density at radius 2 is 1.93 bits per heavy atom. The molecule has 1 aliphatic rings. The number of rotatable bonds is 5. The van der Waals surface area contributed by atoms with Crippen LogP contribution in [0.5, 0.6) is 17.2 Å². The molecule has 2 N–H and O–H groups in total. The van der Waals surface area contributed by atoms with Gasteiger partial charge in [-0.05, 0) is 24.1 Å². The molecule has 0 bridgehead atoms. The fourth-order valence-electron chi connectivity index (χ4n) is 2.77. The Labute approximate surface area is 160 Å². The van der Waals surface area contributed by atoms with Gasteiger partial charge in [0, 0.05) is 18.7 Å². The SMILES string of the molecule is COc1ccc(CCNC(=O)Nc2nc3cc4c(cc3s2)OCCO4)cc1. The van der Waals surface area contributed by atoms with Gasteiger partial charge in [0.25, 0.3) is 0 Å². The predicted octanol–water partition coefficient (Wildman–Crippen LogP) is 3.44. The van der Waals surface area contributed by atoms with Gasteiger partial charge in [-0.15, -0.1) is 0 Å². The lowest BCUT2D eigenvalue weighted by atomic mass is 10.1. The quantitative estimate of drug-likeness (QED) is 0.703. The molecule has 0 aliphatic carbocycles. The Bertz CT molecular complexity index is 912. The van der Waals surface area contributed by atoms with Gasteiger partial charge in [0.05, 0.1) is 17.3 Å². The third kappa shape index (κ3) is 4.06. The molecule has 8 heteroatoms. The number of nitrogens with one attached hydrogen (secondary N) is 2. The van der Waals surface area contributed by atoms with E-state index in [-0.39, 0.29) is 6.03 Å². The number of thiazole rings is 1. The van der Waals surface area contributed by atoms with Crippen molar-refractivity contribution in [1.29, 1.82) is 0 Å². The molecule has 1 aromatic heterocycles. The van der Waals surface area contributed by atoms with Crippen molar-refractivity contribution in [2.45, 2.75) is 6.42 Å². The Morgan fingerprint density at radius 1 is 1.19 bits per heavy atom. The highest BCUT2D eigenvalue weighted by Crippen LogP contribution is 2.37. The standard InChI is InChI=1S/C19H19N3O4S/c1-24-13-4-2-12(3-5-13)6-7-20-18(23)22-19-21-14-10-15-16(11-17(14)27-19)26-9-8-25-15/h2-5,10-11H,6-9H2,1H3,(H2,20,21,22,23). The molecule has 0 spiro atoms. The van der Waals surface area contributed by atoms with Gasteiger partial charge in [-0.3, -0.25) is 5.32 Å². The fraction of sp³-hybridized carbons (Fsp3) is 0.263. The summed E-state index contributed by atoms with van der Waals surface area (Å²) >= 11 is 1.40. The Hall–Kier alpha value is -3.00. The summed E-state index contributed by atoms with van der Waals surface area (Å²) < 4.78 is 17.2. The number of nitrogens with zero attached hydrogens (tertiary/aromatic N) is 1. The van der Waals surface area contributed by atoms with Gasteiger partial charge >= 0.3 is 6.03 Å². The molecule has 3 aromatic rings. The van der Waals surface area contributed by atoms with Crippen molar-refractivity contribution in [1.82, 2.24) is 10.3 Å². The van der Waals surface area contributed by atoms with Crippen molar-refractivity contribution >= 4 is 32.7 Å². The maximum Gasteiger partial charge on any atom is 0.321 e. The highest BCUT2D eigenvalue weighted by molar-refractivity contribution is 7.22. The molecular weight excluding hydrogens is 366 g/mol. The minimum Gasteiger partial charge on any atom is -0.497 e. The molecule has 0 fully saturated rings. The summed E-state index contributed by atoms with van der Waals surface area (Å²) in [6.45, 7) is 1.60. The molecular formula is C19H19N3O4S. The number of hydrogen-bond acceptors (Lipinski definition) is 6. The maximum absolute atomic E-state index is 12.1. The minimum atomic E-state index is -0.278. The molecule has 4 rings (SSSR count). The Balaban J connectivity index is 1.33. The monoisotopic (exact) mass is 385 g/mol. The van der Waals surface area contributed by atoms with E-state index in [0.717, 1.165) is 28.0 Å². The van der Waals surface area contributed by atoms with Gasteiger partial charge in [-0.1, -0.05) is 23.5 Å². The lowest BCUT2D eigenvalue weighted by molar-refractivity contribution is 0.172. The van der Waals surface area contributed by atoms with E-state index in [0.29, 0.717) is 36.4 Å². The summed E-state index contributed by atoms with van der Waals surface area (Å²) in [5.41, 5.74) is 1.90. The molecule has 0 saturated heterocycles. The summed E-state index contributed by atoms with van der Waals surface area (Å²) in [6.07, 6.45) is 0.735. The highest BCUT2D eigenvalue weighted by Gasteiger charge is 2.15. The van der Waals surface area contributed by atoms with Crippen LogP contribution in [0.2, 0.25) is 0 Å². The number of anilines is 1. The molecule has 27 heavy (non-hydrogen) atoms. The zero-order chi connectivity index (χ0) is 18.6. The van der Waals surface area contributed by atoms with E-state index in [1.165, 1.54) is 11.3 Å². The van der Waals surface area contributed by atoms with Crippen molar-refractivity contribution in [3.05, 3.63) is 42.0 Å². The number of amides is 2. The number of urea groups is 1. The van der Waals surface area contributed by atoms with Crippen LogP contribution in [0.3, 0.4) is 0 Å². The molecule has 7 nitrogen and oxygen atoms in total. The topological polar surface area (TPSA) is 81.7 Å². The van der Waals surface area contributed by atoms with E-state index in [2.05, 4.69) is 15.6 Å².